The van der Waals surface area contributed by atoms with Gasteiger partial charge in [-0.15, -0.1) is 0 Å². The lowest BCUT2D eigenvalue weighted by Crippen LogP contribution is -2.39. The van der Waals surface area contributed by atoms with Gasteiger partial charge in [0.15, 0.2) is 0 Å². The van der Waals surface area contributed by atoms with Crippen LogP contribution in [-0.4, -0.2) is 29.1 Å². The quantitative estimate of drug-likeness (QED) is 0.354. The van der Waals surface area contributed by atoms with E-state index in [0.29, 0.717) is 23.3 Å². The van der Waals surface area contributed by atoms with Gasteiger partial charge in [-0.05, 0) is 67.4 Å². The van der Waals surface area contributed by atoms with Gasteiger partial charge in [0.2, 0.25) is 5.95 Å². The Morgan fingerprint density at radius 1 is 1.10 bits per heavy atom. The molecule has 1 aliphatic carbocycles. The number of aryl methyl sites for hydroxylation is 1. The number of fused-ring (bicyclic) bond motifs is 1. The number of aromatic amines is 1. The average molecular weight is 556 g/mol. The fraction of sp³-hybridized carbons (Fsp3) is 0.588. The number of piperidine rings is 1. The SMILES string of the molecule is C=C1/C(=C/C(C)=C\C)C1N.CC.CC.CC.CC.Cc1cc(CN)c2nc(N3CCC(C)(C)CC3)[nH]c(=O)c2c1. The highest BCUT2D eigenvalue weighted by molar-refractivity contribution is 5.82. The van der Waals surface area contributed by atoms with Crippen LogP contribution in [0.5, 0.6) is 0 Å². The Hall–Kier alpha value is -2.70. The second-order valence-corrected chi connectivity index (χ2v) is 9.70. The zero-order chi connectivity index (χ0) is 31.6. The summed E-state index contributed by atoms with van der Waals surface area (Å²) < 4.78 is 0. The normalized spacial score (nSPS) is 17.8. The molecule has 2 aromatic rings. The van der Waals surface area contributed by atoms with Gasteiger partial charge in [0, 0.05) is 19.6 Å². The summed E-state index contributed by atoms with van der Waals surface area (Å²) in [5.41, 5.74) is 18.0. The molecule has 1 atom stereocenters. The largest absolute Gasteiger partial charge is 0.342 e. The number of nitrogens with zero attached hydrogens (tertiary/aromatic N) is 2. The van der Waals surface area contributed by atoms with Gasteiger partial charge in [-0.1, -0.05) is 99.6 Å². The molecular weight excluding hydrogens is 494 g/mol. The molecule has 6 nitrogen and oxygen atoms in total. The fourth-order valence-corrected chi connectivity index (χ4v) is 3.91. The molecule has 2 aliphatic rings. The first kappa shape index (κ1) is 39.4. The number of rotatable bonds is 3. The molecule has 1 aliphatic heterocycles. The second-order valence-electron chi connectivity index (χ2n) is 9.70. The Balaban J connectivity index is 0. The van der Waals surface area contributed by atoms with E-state index in [4.69, 9.17) is 16.5 Å². The van der Waals surface area contributed by atoms with Crippen LogP contribution in [0.3, 0.4) is 0 Å². The Morgan fingerprint density at radius 2 is 1.60 bits per heavy atom. The predicted octanol–water partition coefficient (Wildman–Crippen LogP) is 8.20. The van der Waals surface area contributed by atoms with Gasteiger partial charge < -0.3 is 16.4 Å². The van der Waals surface area contributed by atoms with E-state index >= 15 is 0 Å². The Labute approximate surface area is 246 Å². The maximum absolute atomic E-state index is 12.4. The molecule has 0 spiro atoms. The minimum Gasteiger partial charge on any atom is -0.342 e. The predicted molar refractivity (Wildman–Crippen MR) is 180 cm³/mol. The maximum Gasteiger partial charge on any atom is 0.260 e. The van der Waals surface area contributed by atoms with Crippen molar-refractivity contribution >= 4 is 16.9 Å². The zero-order valence-corrected chi connectivity index (χ0v) is 28.1. The summed E-state index contributed by atoms with van der Waals surface area (Å²) in [4.78, 5) is 22.3. The third-order valence-electron chi connectivity index (χ3n) is 6.49. The van der Waals surface area contributed by atoms with Crippen LogP contribution in [-0.2, 0) is 6.54 Å². The summed E-state index contributed by atoms with van der Waals surface area (Å²) in [6, 6.07) is 4.04. The molecule has 6 heteroatoms. The van der Waals surface area contributed by atoms with E-state index in [-0.39, 0.29) is 11.6 Å². The summed E-state index contributed by atoms with van der Waals surface area (Å²) in [6.07, 6.45) is 6.36. The van der Waals surface area contributed by atoms with E-state index in [1.165, 1.54) is 11.1 Å². The Morgan fingerprint density at radius 3 is 2.02 bits per heavy atom. The number of nitrogens with one attached hydrogen (secondary N) is 1. The number of nitrogens with two attached hydrogens (primary N) is 2. The monoisotopic (exact) mass is 555 g/mol. The molecule has 5 N–H and O–H groups in total. The van der Waals surface area contributed by atoms with Crippen molar-refractivity contribution in [2.75, 3.05) is 18.0 Å². The molecule has 40 heavy (non-hydrogen) atoms. The van der Waals surface area contributed by atoms with Crippen LogP contribution in [0.15, 0.2) is 52.4 Å². The summed E-state index contributed by atoms with van der Waals surface area (Å²) in [5.74, 6) is 0.673. The molecule has 1 aromatic heterocycles. The number of benzene rings is 1. The van der Waals surface area contributed by atoms with Crippen LogP contribution in [0.25, 0.3) is 10.9 Å². The van der Waals surface area contributed by atoms with Crippen molar-refractivity contribution < 1.29 is 0 Å². The molecule has 1 saturated heterocycles. The molecule has 2 fully saturated rings. The average Bonchev–Trinajstić information content (AvgIpc) is 3.55. The van der Waals surface area contributed by atoms with Crippen molar-refractivity contribution in [2.45, 2.75) is 115 Å². The summed E-state index contributed by atoms with van der Waals surface area (Å²) >= 11 is 0. The smallest absolute Gasteiger partial charge is 0.260 e. The van der Waals surface area contributed by atoms with E-state index in [1.807, 2.05) is 81.4 Å². The Kier molecular flexibility index (Phi) is 19.9. The first-order valence-electron chi connectivity index (χ1n) is 15.3. The van der Waals surface area contributed by atoms with Gasteiger partial charge in [-0.3, -0.25) is 9.78 Å². The van der Waals surface area contributed by atoms with Crippen LogP contribution in [0.1, 0.15) is 107 Å². The molecule has 1 aromatic carbocycles. The number of H-pyrrole nitrogens is 1. The van der Waals surface area contributed by atoms with Crippen molar-refractivity contribution in [3.8, 4) is 0 Å². The summed E-state index contributed by atoms with van der Waals surface area (Å²) in [5, 5.41) is 0.626. The lowest BCUT2D eigenvalue weighted by atomic mass is 9.83. The van der Waals surface area contributed by atoms with Gasteiger partial charge in [0.05, 0.1) is 16.9 Å². The van der Waals surface area contributed by atoms with Gasteiger partial charge >= 0.3 is 0 Å². The lowest BCUT2D eigenvalue weighted by molar-refractivity contribution is 0.278. The highest BCUT2D eigenvalue weighted by atomic mass is 16.1. The van der Waals surface area contributed by atoms with Crippen LogP contribution in [0.4, 0.5) is 5.95 Å². The molecule has 4 rings (SSSR count). The first-order chi connectivity index (χ1) is 19.1. The number of aromatic nitrogens is 2. The van der Waals surface area contributed by atoms with Crippen molar-refractivity contribution in [1.82, 2.24) is 9.97 Å². The zero-order valence-electron chi connectivity index (χ0n) is 28.1. The summed E-state index contributed by atoms with van der Waals surface area (Å²) in [7, 11) is 0. The van der Waals surface area contributed by atoms with E-state index in [9.17, 15) is 4.79 Å². The van der Waals surface area contributed by atoms with E-state index in [1.54, 1.807) is 0 Å². The van der Waals surface area contributed by atoms with Crippen LogP contribution < -0.4 is 21.9 Å². The molecule has 1 unspecified atom stereocenters. The minimum absolute atomic E-state index is 0.0803. The van der Waals surface area contributed by atoms with Crippen LogP contribution in [0.2, 0.25) is 0 Å². The fourth-order valence-electron chi connectivity index (χ4n) is 3.91. The van der Waals surface area contributed by atoms with E-state index in [0.717, 1.165) is 48.1 Å². The first-order valence-corrected chi connectivity index (χ1v) is 15.3. The van der Waals surface area contributed by atoms with E-state index < -0.39 is 0 Å². The molecular formula is C34H61N5O. The molecule has 1 saturated carbocycles. The molecule has 0 bridgehead atoms. The van der Waals surface area contributed by atoms with E-state index in [2.05, 4.69) is 49.4 Å². The molecule has 0 amide bonds. The number of hydrogen-bond donors (Lipinski definition) is 3. The number of allylic oxidation sites excluding steroid dienone is 3. The van der Waals surface area contributed by atoms with Gasteiger partial charge in [-0.2, -0.15) is 0 Å². The van der Waals surface area contributed by atoms with Crippen LogP contribution >= 0.6 is 0 Å². The van der Waals surface area contributed by atoms with Crippen molar-refractivity contribution in [3.63, 3.8) is 0 Å². The highest BCUT2D eigenvalue weighted by Gasteiger charge is 2.30. The standard InChI is InChI=1S/C17H24N4O.C9H13N.4C2H6/c1-11-8-12(10-18)14-13(9-11)15(22)20-16(19-14)21-6-4-17(2,3)5-7-21;1-4-6(2)5-8-7(3)9(8)10;4*1-2/h8-9H,4-7,10,18H2,1-3H3,(H,19,20,22);4-5,9H,3,10H2,1-2H3;4*1-2H3/b;6-4-,8-5-;;;;. The van der Waals surface area contributed by atoms with Gasteiger partial charge in [-0.25, -0.2) is 4.98 Å². The third-order valence-corrected chi connectivity index (χ3v) is 6.49. The van der Waals surface area contributed by atoms with Gasteiger partial charge in [0.25, 0.3) is 5.56 Å². The molecule has 228 valence electrons. The van der Waals surface area contributed by atoms with Crippen molar-refractivity contribution in [2.24, 2.45) is 16.9 Å². The van der Waals surface area contributed by atoms with Gasteiger partial charge in [0.1, 0.15) is 0 Å². The number of hydrogen-bond acceptors (Lipinski definition) is 5. The highest BCUT2D eigenvalue weighted by Crippen LogP contribution is 2.34. The Bertz CT molecular complexity index is 1130. The second kappa shape index (κ2) is 20.2. The maximum atomic E-state index is 12.4. The van der Waals surface area contributed by atoms with Crippen molar-refractivity contribution in [1.29, 1.82) is 0 Å². The van der Waals surface area contributed by atoms with Crippen molar-refractivity contribution in [3.05, 3.63) is 69.1 Å². The number of anilines is 1. The molecule has 0 radical (unpaired) electrons. The lowest BCUT2D eigenvalue weighted by Gasteiger charge is -2.37. The molecule has 2 heterocycles. The minimum atomic E-state index is -0.0803. The van der Waals surface area contributed by atoms with Crippen LogP contribution in [0, 0.1) is 12.3 Å². The third kappa shape index (κ3) is 11.8. The topological polar surface area (TPSA) is 101 Å². The summed E-state index contributed by atoms with van der Waals surface area (Å²) in [6.45, 7) is 32.7.